The summed E-state index contributed by atoms with van der Waals surface area (Å²) in [6.45, 7) is 6.30. The largest absolute Gasteiger partial charge is 0.490 e. The van der Waals surface area contributed by atoms with Crippen LogP contribution in [0, 0.1) is 17.1 Å². The van der Waals surface area contributed by atoms with E-state index < -0.39 is 0 Å². The molecule has 150 valence electrons. The summed E-state index contributed by atoms with van der Waals surface area (Å²) in [6, 6.07) is 9.83. The lowest BCUT2D eigenvalue weighted by Crippen LogP contribution is -2.11. The molecule has 1 heterocycles. The Labute approximate surface area is 173 Å². The standard InChI is InChI=1S/C22H21ClFN3O2/c1-4-13(3)29-21-17(23)9-14(10-20(21)28-5-2)8-15(12-25)22-26-18-7-6-16(24)11-19(18)27-22/h6-11,13H,4-5H2,1-3H3,(H,26,27)/b15-8-/t13-/m1/s1. The van der Waals surface area contributed by atoms with Crippen LogP contribution in [-0.4, -0.2) is 22.7 Å². The predicted molar refractivity (Wildman–Crippen MR) is 113 cm³/mol. The van der Waals surface area contributed by atoms with Crippen LogP contribution in [0.5, 0.6) is 11.5 Å². The number of benzene rings is 2. The van der Waals surface area contributed by atoms with Crippen molar-refractivity contribution in [2.24, 2.45) is 0 Å². The Morgan fingerprint density at radius 3 is 2.83 bits per heavy atom. The van der Waals surface area contributed by atoms with Crippen molar-refractivity contribution in [3.63, 3.8) is 0 Å². The van der Waals surface area contributed by atoms with E-state index in [0.717, 1.165) is 6.42 Å². The second-order valence-corrected chi connectivity index (χ2v) is 6.92. The Morgan fingerprint density at radius 1 is 1.34 bits per heavy atom. The molecule has 0 unspecified atom stereocenters. The molecule has 0 amide bonds. The maximum absolute atomic E-state index is 13.4. The van der Waals surface area contributed by atoms with Gasteiger partial charge in [0.1, 0.15) is 17.7 Å². The molecule has 5 nitrogen and oxygen atoms in total. The molecule has 2 aromatic carbocycles. The average molecular weight is 414 g/mol. The molecule has 0 bridgehead atoms. The molecule has 1 atom stereocenters. The van der Waals surface area contributed by atoms with Gasteiger partial charge in [0.05, 0.1) is 34.3 Å². The fraction of sp³-hybridized carbons (Fsp3) is 0.273. The third-order valence-corrected chi connectivity index (χ3v) is 4.64. The van der Waals surface area contributed by atoms with Crippen molar-refractivity contribution >= 4 is 34.3 Å². The number of rotatable bonds is 7. The van der Waals surface area contributed by atoms with Crippen LogP contribution in [-0.2, 0) is 0 Å². The molecule has 0 aliphatic heterocycles. The number of halogens is 2. The van der Waals surface area contributed by atoms with Gasteiger partial charge in [-0.15, -0.1) is 0 Å². The van der Waals surface area contributed by atoms with Gasteiger partial charge in [-0.2, -0.15) is 5.26 Å². The molecule has 0 radical (unpaired) electrons. The number of imidazole rings is 1. The summed E-state index contributed by atoms with van der Waals surface area (Å²) in [5, 5.41) is 10.0. The molecular formula is C22H21ClFN3O2. The first-order valence-corrected chi connectivity index (χ1v) is 9.73. The molecule has 3 aromatic rings. The maximum atomic E-state index is 13.4. The molecular weight excluding hydrogens is 393 g/mol. The van der Waals surface area contributed by atoms with Crippen LogP contribution in [0.4, 0.5) is 4.39 Å². The minimum Gasteiger partial charge on any atom is -0.490 e. The normalized spacial score (nSPS) is 12.6. The van der Waals surface area contributed by atoms with Gasteiger partial charge in [0.15, 0.2) is 11.5 Å². The van der Waals surface area contributed by atoms with Gasteiger partial charge in [-0.1, -0.05) is 18.5 Å². The third kappa shape index (κ3) is 4.69. The van der Waals surface area contributed by atoms with Gasteiger partial charge in [0.2, 0.25) is 0 Å². The lowest BCUT2D eigenvalue weighted by atomic mass is 10.1. The zero-order valence-electron chi connectivity index (χ0n) is 16.4. The van der Waals surface area contributed by atoms with Crippen molar-refractivity contribution in [3.05, 3.63) is 52.6 Å². The molecule has 3 rings (SSSR count). The fourth-order valence-electron chi connectivity index (χ4n) is 2.76. The number of nitrogens with zero attached hydrogens (tertiary/aromatic N) is 2. The minimum absolute atomic E-state index is 0.0151. The van der Waals surface area contributed by atoms with Gasteiger partial charge >= 0.3 is 0 Å². The zero-order valence-corrected chi connectivity index (χ0v) is 17.2. The average Bonchev–Trinajstić information content (AvgIpc) is 3.11. The van der Waals surface area contributed by atoms with E-state index in [1.54, 1.807) is 24.3 Å². The highest BCUT2D eigenvalue weighted by atomic mass is 35.5. The number of H-pyrrole nitrogens is 1. The Kier molecular flexibility index (Phi) is 6.40. The van der Waals surface area contributed by atoms with Gasteiger partial charge in [-0.25, -0.2) is 9.37 Å². The number of nitrogens with one attached hydrogen (secondary N) is 1. The number of ether oxygens (including phenoxy) is 2. The van der Waals surface area contributed by atoms with Gasteiger partial charge in [-0.05, 0) is 62.2 Å². The number of hydrogen-bond acceptors (Lipinski definition) is 4. The van der Waals surface area contributed by atoms with E-state index in [4.69, 9.17) is 21.1 Å². The molecule has 0 aliphatic rings. The van der Waals surface area contributed by atoms with Crippen LogP contribution in [0.1, 0.15) is 38.6 Å². The first-order chi connectivity index (χ1) is 13.9. The molecule has 1 aromatic heterocycles. The summed E-state index contributed by atoms with van der Waals surface area (Å²) in [6.07, 6.45) is 2.46. The summed E-state index contributed by atoms with van der Waals surface area (Å²) >= 11 is 6.44. The van der Waals surface area contributed by atoms with Crippen LogP contribution >= 0.6 is 11.6 Å². The van der Waals surface area contributed by atoms with E-state index in [1.807, 2.05) is 20.8 Å². The van der Waals surface area contributed by atoms with Crippen molar-refractivity contribution in [2.45, 2.75) is 33.3 Å². The molecule has 0 saturated carbocycles. The van der Waals surface area contributed by atoms with Crippen LogP contribution in [0.15, 0.2) is 30.3 Å². The van der Waals surface area contributed by atoms with Crippen molar-refractivity contribution in [1.29, 1.82) is 5.26 Å². The number of allylic oxidation sites excluding steroid dienone is 1. The topological polar surface area (TPSA) is 70.9 Å². The summed E-state index contributed by atoms with van der Waals surface area (Å²) in [5.41, 5.74) is 2.05. The van der Waals surface area contributed by atoms with Crippen LogP contribution < -0.4 is 9.47 Å². The molecule has 29 heavy (non-hydrogen) atoms. The summed E-state index contributed by atoms with van der Waals surface area (Å²) in [4.78, 5) is 7.34. The Hall–Kier alpha value is -3.04. The van der Waals surface area contributed by atoms with Gasteiger partial charge in [0.25, 0.3) is 0 Å². The van der Waals surface area contributed by atoms with Crippen LogP contribution in [0.3, 0.4) is 0 Å². The van der Waals surface area contributed by atoms with Gasteiger partial charge in [0, 0.05) is 0 Å². The molecule has 0 fully saturated rings. The van der Waals surface area contributed by atoms with Crippen LogP contribution in [0.25, 0.3) is 22.7 Å². The first kappa shape index (κ1) is 20.7. The zero-order chi connectivity index (χ0) is 21.0. The second-order valence-electron chi connectivity index (χ2n) is 6.52. The van der Waals surface area contributed by atoms with Crippen molar-refractivity contribution < 1.29 is 13.9 Å². The first-order valence-electron chi connectivity index (χ1n) is 9.35. The molecule has 1 N–H and O–H groups in total. The monoisotopic (exact) mass is 413 g/mol. The minimum atomic E-state index is -0.375. The number of aromatic amines is 1. The Balaban J connectivity index is 2.03. The SMILES string of the molecule is CCOc1cc(/C=C(/C#N)c2nc3ccc(F)cc3[nH]2)cc(Cl)c1O[C@H](C)CC. The van der Waals surface area contributed by atoms with E-state index in [2.05, 4.69) is 16.0 Å². The Morgan fingerprint density at radius 2 is 2.14 bits per heavy atom. The second kappa shape index (κ2) is 8.97. The third-order valence-electron chi connectivity index (χ3n) is 4.36. The number of aromatic nitrogens is 2. The molecule has 0 aliphatic carbocycles. The highest BCUT2D eigenvalue weighted by Gasteiger charge is 2.16. The highest BCUT2D eigenvalue weighted by Crippen LogP contribution is 2.38. The van der Waals surface area contributed by atoms with E-state index in [0.29, 0.717) is 45.5 Å². The van der Waals surface area contributed by atoms with Crippen molar-refractivity contribution in [2.75, 3.05) is 6.61 Å². The molecule has 0 saturated heterocycles. The van der Waals surface area contributed by atoms with Crippen molar-refractivity contribution in [1.82, 2.24) is 9.97 Å². The van der Waals surface area contributed by atoms with E-state index >= 15 is 0 Å². The van der Waals surface area contributed by atoms with Gasteiger partial charge < -0.3 is 14.5 Å². The quantitative estimate of drug-likeness (QED) is 0.482. The molecule has 0 spiro atoms. The van der Waals surface area contributed by atoms with E-state index in [9.17, 15) is 9.65 Å². The summed E-state index contributed by atoms with van der Waals surface area (Å²) in [7, 11) is 0. The highest BCUT2D eigenvalue weighted by molar-refractivity contribution is 6.32. The smallest absolute Gasteiger partial charge is 0.180 e. The lowest BCUT2D eigenvalue weighted by molar-refractivity contribution is 0.203. The lowest BCUT2D eigenvalue weighted by Gasteiger charge is -2.18. The van der Waals surface area contributed by atoms with E-state index in [1.165, 1.54) is 12.1 Å². The van der Waals surface area contributed by atoms with E-state index in [-0.39, 0.29) is 17.5 Å². The summed E-state index contributed by atoms with van der Waals surface area (Å²) in [5.74, 6) is 0.968. The molecule has 7 heteroatoms. The predicted octanol–water partition coefficient (Wildman–Crippen LogP) is 6.00. The summed E-state index contributed by atoms with van der Waals surface area (Å²) < 4.78 is 25.0. The van der Waals surface area contributed by atoms with Crippen molar-refractivity contribution in [3.8, 4) is 17.6 Å². The number of nitriles is 1. The number of fused-ring (bicyclic) bond motifs is 1. The van der Waals surface area contributed by atoms with Crippen LogP contribution in [0.2, 0.25) is 5.02 Å². The fourth-order valence-corrected chi connectivity index (χ4v) is 3.03. The Bertz CT molecular complexity index is 1100. The maximum Gasteiger partial charge on any atom is 0.180 e. The van der Waals surface area contributed by atoms with Gasteiger partial charge in [-0.3, -0.25) is 0 Å². The number of hydrogen-bond donors (Lipinski definition) is 1.